The summed E-state index contributed by atoms with van der Waals surface area (Å²) in [5.41, 5.74) is 7.78. The van der Waals surface area contributed by atoms with Crippen molar-refractivity contribution in [2.75, 3.05) is 64.3 Å². The van der Waals surface area contributed by atoms with Gasteiger partial charge in [0.05, 0.1) is 37.2 Å². The van der Waals surface area contributed by atoms with E-state index in [-0.39, 0.29) is 12.2 Å². The van der Waals surface area contributed by atoms with Gasteiger partial charge in [-0.3, -0.25) is 0 Å². The van der Waals surface area contributed by atoms with E-state index in [0.29, 0.717) is 22.3 Å². The number of hydrogen-bond donors (Lipinski definition) is 2. The third-order valence-corrected chi connectivity index (χ3v) is 7.09. The number of halogens is 3. The second-order valence-electron chi connectivity index (χ2n) is 9.13. The first-order valence-electron chi connectivity index (χ1n) is 12.9. The first-order chi connectivity index (χ1) is 18.8. The minimum Gasteiger partial charge on any atom is -0.495 e. The number of rotatable bonds is 8. The molecule has 3 aromatic rings. The van der Waals surface area contributed by atoms with Crippen LogP contribution in [0.4, 0.5) is 24.5 Å². The average molecular weight is 563 g/mol. The Kier molecular flexibility index (Phi) is 11.7. The van der Waals surface area contributed by atoms with Gasteiger partial charge in [-0.05, 0) is 74.5 Å². The van der Waals surface area contributed by atoms with E-state index in [2.05, 4.69) is 22.1 Å². The van der Waals surface area contributed by atoms with E-state index in [0.717, 1.165) is 28.3 Å². The Morgan fingerprint density at radius 1 is 1.08 bits per heavy atom. The maximum Gasteiger partial charge on any atom is 0.406 e. The molecule has 0 atom stereocenters. The lowest BCUT2D eigenvalue weighted by molar-refractivity contribution is -0.140. The van der Waals surface area contributed by atoms with Crippen LogP contribution >= 0.6 is 11.8 Å². The van der Waals surface area contributed by atoms with Crippen molar-refractivity contribution in [1.29, 1.82) is 0 Å². The molecule has 2 heterocycles. The topological polar surface area (TPSA) is 64.7 Å². The second-order valence-corrected chi connectivity index (χ2v) is 10.0. The Labute approximate surface area is 233 Å². The molecule has 4 rings (SSSR count). The highest BCUT2D eigenvalue weighted by molar-refractivity contribution is 7.98. The van der Waals surface area contributed by atoms with Crippen molar-refractivity contribution in [2.24, 2.45) is 0 Å². The van der Waals surface area contributed by atoms with Gasteiger partial charge in [0, 0.05) is 29.6 Å². The summed E-state index contributed by atoms with van der Waals surface area (Å²) >= 11 is 1.60. The van der Waals surface area contributed by atoms with Gasteiger partial charge in [-0.1, -0.05) is 18.4 Å². The Morgan fingerprint density at radius 3 is 2.51 bits per heavy atom. The summed E-state index contributed by atoms with van der Waals surface area (Å²) in [6.07, 6.45) is 1.79. The highest BCUT2D eigenvalue weighted by Crippen LogP contribution is 2.30. The number of nitrogens with two attached hydrogens (primary N) is 1. The van der Waals surface area contributed by atoms with Gasteiger partial charge >= 0.3 is 6.18 Å². The fourth-order valence-corrected chi connectivity index (χ4v) is 4.81. The van der Waals surface area contributed by atoms with E-state index in [1.54, 1.807) is 50.2 Å². The lowest BCUT2D eigenvalue weighted by Gasteiger charge is -2.25. The van der Waals surface area contributed by atoms with Crippen molar-refractivity contribution in [1.82, 2.24) is 9.47 Å². The summed E-state index contributed by atoms with van der Waals surface area (Å²) in [7, 11) is 3.35. The maximum absolute atomic E-state index is 13.1. The standard InChI is InChI=1S/C21H20F3N3OS.C8H17NO/c1-28-20-12-15(29-2)8-9-18(20)26-10-4-5-14-11-16-17(25)6-3-7-19(16)27(14)13-21(22,23)24;1-10-8-7-9-5-3-2-4-6-9/h3,6-9,11-12,26H,10,13,25H2,1-2H3;2-8H2,1H3. The fourth-order valence-electron chi connectivity index (χ4n) is 4.38. The molecule has 0 spiro atoms. The number of likely N-dealkylation sites (tertiary alicyclic amines) is 1. The molecule has 3 N–H and O–H groups in total. The highest BCUT2D eigenvalue weighted by atomic mass is 32.2. The van der Waals surface area contributed by atoms with Crippen LogP contribution in [-0.2, 0) is 11.3 Å². The van der Waals surface area contributed by atoms with Crippen molar-refractivity contribution in [2.45, 2.75) is 36.9 Å². The zero-order valence-electron chi connectivity index (χ0n) is 22.7. The number of piperidine rings is 1. The number of methoxy groups -OCH3 is 2. The van der Waals surface area contributed by atoms with E-state index in [1.165, 1.54) is 32.4 Å². The number of nitrogens with zero attached hydrogens (tertiary/aromatic N) is 2. The lowest BCUT2D eigenvalue weighted by atomic mass is 10.1. The summed E-state index contributed by atoms with van der Waals surface area (Å²) in [5.74, 6) is 6.40. The van der Waals surface area contributed by atoms with E-state index in [4.69, 9.17) is 15.2 Å². The Hall–Kier alpha value is -3.00. The smallest absolute Gasteiger partial charge is 0.406 e. The molecule has 0 unspecified atom stereocenters. The summed E-state index contributed by atoms with van der Waals surface area (Å²) < 4.78 is 50.7. The van der Waals surface area contributed by atoms with Crippen LogP contribution in [0.3, 0.4) is 0 Å². The molecule has 6 nitrogen and oxygen atoms in total. The van der Waals surface area contributed by atoms with Crippen LogP contribution in [0.1, 0.15) is 25.0 Å². The summed E-state index contributed by atoms with van der Waals surface area (Å²) in [6.45, 7) is 3.70. The number of aromatic nitrogens is 1. The molecule has 0 radical (unpaired) electrons. The molecular weight excluding hydrogens is 525 g/mol. The molecule has 0 amide bonds. The van der Waals surface area contributed by atoms with Crippen molar-refractivity contribution in [3.05, 3.63) is 48.2 Å². The normalized spacial score (nSPS) is 13.8. The lowest BCUT2D eigenvalue weighted by Crippen LogP contribution is -2.32. The van der Waals surface area contributed by atoms with Gasteiger partial charge in [0.15, 0.2) is 0 Å². The summed E-state index contributed by atoms with van der Waals surface area (Å²) in [5, 5.41) is 3.69. The molecule has 0 bridgehead atoms. The van der Waals surface area contributed by atoms with Gasteiger partial charge < -0.3 is 30.0 Å². The van der Waals surface area contributed by atoms with Gasteiger partial charge in [-0.25, -0.2) is 0 Å². The van der Waals surface area contributed by atoms with Crippen LogP contribution in [0.2, 0.25) is 0 Å². The first kappa shape index (κ1) is 30.5. The van der Waals surface area contributed by atoms with Crippen LogP contribution < -0.4 is 15.8 Å². The maximum atomic E-state index is 13.1. The molecule has 2 aromatic carbocycles. The molecule has 1 aromatic heterocycles. The zero-order valence-corrected chi connectivity index (χ0v) is 23.6. The predicted molar refractivity (Wildman–Crippen MR) is 155 cm³/mol. The minimum atomic E-state index is -4.36. The summed E-state index contributed by atoms with van der Waals surface area (Å²) in [6, 6.07) is 12.2. The highest BCUT2D eigenvalue weighted by Gasteiger charge is 2.29. The van der Waals surface area contributed by atoms with Crippen LogP contribution in [-0.4, -0.2) is 68.9 Å². The molecule has 1 fully saturated rings. The van der Waals surface area contributed by atoms with Crippen LogP contribution in [0, 0.1) is 11.8 Å². The van der Waals surface area contributed by atoms with Crippen molar-refractivity contribution < 1.29 is 22.6 Å². The molecule has 10 heteroatoms. The largest absolute Gasteiger partial charge is 0.495 e. The number of benzene rings is 2. The second kappa shape index (κ2) is 15.0. The molecule has 212 valence electrons. The van der Waals surface area contributed by atoms with Crippen LogP contribution in [0.25, 0.3) is 10.9 Å². The SMILES string of the molecule is COCCN1CCCCC1.COc1cc(SC)ccc1NCC#Cc1cc2c(N)cccc2n1CC(F)(F)F. The molecular formula is C29H37F3N4O2S. The number of hydrogen-bond acceptors (Lipinski definition) is 6. The zero-order chi connectivity index (χ0) is 28.3. The van der Waals surface area contributed by atoms with Gasteiger partial charge in [0.25, 0.3) is 0 Å². The molecule has 39 heavy (non-hydrogen) atoms. The quantitative estimate of drug-likeness (QED) is 0.197. The average Bonchev–Trinajstić information content (AvgIpc) is 3.27. The van der Waals surface area contributed by atoms with Crippen LogP contribution in [0.5, 0.6) is 5.75 Å². The number of fused-ring (bicyclic) bond motifs is 1. The number of thioether (sulfide) groups is 1. The van der Waals surface area contributed by atoms with E-state index in [9.17, 15) is 13.2 Å². The third kappa shape index (κ3) is 9.31. The van der Waals surface area contributed by atoms with Gasteiger partial charge in [0.1, 0.15) is 12.3 Å². The predicted octanol–water partition coefficient (Wildman–Crippen LogP) is 6.10. The Morgan fingerprint density at radius 2 is 1.85 bits per heavy atom. The monoisotopic (exact) mass is 562 g/mol. The molecule has 1 saturated heterocycles. The van der Waals surface area contributed by atoms with Crippen molar-refractivity contribution in [3.8, 4) is 17.6 Å². The molecule has 1 aliphatic heterocycles. The Balaban J connectivity index is 0.000000353. The van der Waals surface area contributed by atoms with Gasteiger partial charge in [0.2, 0.25) is 0 Å². The van der Waals surface area contributed by atoms with Crippen molar-refractivity contribution in [3.63, 3.8) is 0 Å². The van der Waals surface area contributed by atoms with Crippen LogP contribution in [0.15, 0.2) is 47.4 Å². The van der Waals surface area contributed by atoms with E-state index >= 15 is 0 Å². The molecule has 0 aliphatic carbocycles. The molecule has 1 aliphatic rings. The number of anilines is 2. The number of ether oxygens (including phenoxy) is 2. The third-order valence-electron chi connectivity index (χ3n) is 6.37. The van der Waals surface area contributed by atoms with Gasteiger partial charge in [-0.2, -0.15) is 13.2 Å². The first-order valence-corrected chi connectivity index (χ1v) is 14.1. The number of nitrogens with one attached hydrogen (secondary N) is 1. The fraction of sp³-hybridized carbons (Fsp3) is 0.448. The van der Waals surface area contributed by atoms with Crippen molar-refractivity contribution >= 4 is 34.0 Å². The minimum absolute atomic E-state index is 0.248. The summed E-state index contributed by atoms with van der Waals surface area (Å²) in [4.78, 5) is 3.54. The van der Waals surface area contributed by atoms with Gasteiger partial charge in [-0.15, -0.1) is 11.8 Å². The number of alkyl halides is 3. The molecule has 0 saturated carbocycles. The number of nitrogen functional groups attached to an aromatic ring is 1. The van der Waals surface area contributed by atoms with E-state index < -0.39 is 12.7 Å². The van der Waals surface area contributed by atoms with E-state index in [1.807, 2.05) is 24.5 Å². The Bertz CT molecular complexity index is 1260.